The first-order chi connectivity index (χ1) is 11.8. The molecule has 0 aliphatic carbocycles. The van der Waals surface area contributed by atoms with E-state index in [1.165, 1.54) is 0 Å². The van der Waals surface area contributed by atoms with Crippen molar-refractivity contribution in [3.8, 4) is 5.75 Å². The number of nitrogens with one attached hydrogen (secondary N) is 1. The summed E-state index contributed by atoms with van der Waals surface area (Å²) >= 11 is 0. The summed E-state index contributed by atoms with van der Waals surface area (Å²) in [5.41, 5.74) is 1.71. The van der Waals surface area contributed by atoms with Gasteiger partial charge in [0.1, 0.15) is 5.75 Å². The van der Waals surface area contributed by atoms with Crippen LogP contribution in [0.1, 0.15) is 12.7 Å². The quantitative estimate of drug-likeness (QED) is 0.621. The molecule has 0 amide bonds. The van der Waals surface area contributed by atoms with E-state index in [1.54, 1.807) is 4.52 Å². The lowest BCUT2D eigenvalue weighted by Gasteiger charge is -2.11. The number of anilines is 2. The summed E-state index contributed by atoms with van der Waals surface area (Å²) in [6.45, 7) is 4.52. The van der Waals surface area contributed by atoms with E-state index in [4.69, 9.17) is 4.74 Å². The molecule has 120 valence electrons. The molecule has 0 aliphatic rings. The summed E-state index contributed by atoms with van der Waals surface area (Å²) < 4.78 is 7.24. The lowest BCUT2D eigenvalue weighted by molar-refractivity contribution is 0.340. The van der Waals surface area contributed by atoms with Gasteiger partial charge in [-0.05, 0) is 38.1 Å². The monoisotopic (exact) mass is 319 g/mol. The fourth-order valence-corrected chi connectivity index (χ4v) is 2.71. The summed E-state index contributed by atoms with van der Waals surface area (Å²) in [6, 6.07) is 15.9. The minimum Gasteiger partial charge on any atom is -0.494 e. The van der Waals surface area contributed by atoms with Gasteiger partial charge in [0.15, 0.2) is 17.3 Å². The Balaban J connectivity index is 1.81. The number of aromatic nitrogens is 4. The van der Waals surface area contributed by atoms with Crippen LogP contribution >= 0.6 is 0 Å². The molecule has 6 heteroatoms. The molecule has 0 aliphatic heterocycles. The molecular formula is C18H17N5O. The van der Waals surface area contributed by atoms with Crippen molar-refractivity contribution in [1.82, 2.24) is 19.8 Å². The van der Waals surface area contributed by atoms with Gasteiger partial charge in [-0.3, -0.25) is 0 Å². The molecule has 4 rings (SSSR count). The molecule has 2 aromatic carbocycles. The molecule has 0 spiro atoms. The molecule has 1 N–H and O–H groups in total. The summed E-state index contributed by atoms with van der Waals surface area (Å²) in [6.07, 6.45) is 0. The van der Waals surface area contributed by atoms with E-state index in [0.717, 1.165) is 39.5 Å². The van der Waals surface area contributed by atoms with Gasteiger partial charge in [0.25, 0.3) is 0 Å². The van der Waals surface area contributed by atoms with E-state index in [9.17, 15) is 0 Å². The van der Waals surface area contributed by atoms with Crippen molar-refractivity contribution in [3.05, 3.63) is 54.4 Å². The number of hydrogen-bond donors (Lipinski definition) is 1. The maximum Gasteiger partial charge on any atom is 0.185 e. The standard InChI is InChI=1S/C18H17N5O/c1-3-24-14-10-8-13(9-11-14)19-17-15-6-4-5-7-16(15)18-21-20-12(2)23(18)22-17/h4-11H,3H2,1-2H3,(H,19,22). The van der Waals surface area contributed by atoms with Gasteiger partial charge < -0.3 is 10.1 Å². The van der Waals surface area contributed by atoms with Gasteiger partial charge >= 0.3 is 0 Å². The molecule has 0 saturated heterocycles. The molecule has 0 fully saturated rings. The highest BCUT2D eigenvalue weighted by Crippen LogP contribution is 2.27. The number of rotatable bonds is 4. The predicted octanol–water partition coefficient (Wildman–Crippen LogP) is 3.73. The molecule has 2 heterocycles. The smallest absolute Gasteiger partial charge is 0.185 e. The number of fused-ring (bicyclic) bond motifs is 3. The second kappa shape index (κ2) is 5.81. The van der Waals surface area contributed by atoms with E-state index < -0.39 is 0 Å². The Bertz CT molecular complexity index is 1010. The molecule has 0 saturated carbocycles. The Labute approximate surface area is 139 Å². The highest BCUT2D eigenvalue weighted by molar-refractivity contribution is 6.00. The number of aryl methyl sites for hydroxylation is 1. The van der Waals surface area contributed by atoms with E-state index in [0.29, 0.717) is 6.61 Å². The Morgan fingerprint density at radius 3 is 2.50 bits per heavy atom. The fourth-order valence-electron chi connectivity index (χ4n) is 2.71. The molecule has 0 atom stereocenters. The summed E-state index contributed by atoms with van der Waals surface area (Å²) in [4.78, 5) is 0. The summed E-state index contributed by atoms with van der Waals surface area (Å²) in [5, 5.41) is 18.4. The van der Waals surface area contributed by atoms with Crippen LogP contribution in [0, 0.1) is 6.92 Å². The Morgan fingerprint density at radius 2 is 1.75 bits per heavy atom. The van der Waals surface area contributed by atoms with Crippen LogP contribution in [0.5, 0.6) is 5.75 Å². The van der Waals surface area contributed by atoms with Crippen LogP contribution in [0.4, 0.5) is 11.5 Å². The Kier molecular flexibility index (Phi) is 3.49. The van der Waals surface area contributed by atoms with Crippen LogP contribution in [-0.4, -0.2) is 26.4 Å². The van der Waals surface area contributed by atoms with Gasteiger partial charge in [0.2, 0.25) is 0 Å². The van der Waals surface area contributed by atoms with Crippen molar-refractivity contribution in [2.24, 2.45) is 0 Å². The third-order valence-electron chi connectivity index (χ3n) is 3.85. The van der Waals surface area contributed by atoms with Gasteiger partial charge in [-0.25, -0.2) is 0 Å². The molecule has 0 radical (unpaired) electrons. The van der Waals surface area contributed by atoms with Crippen LogP contribution in [0.15, 0.2) is 48.5 Å². The fraction of sp³-hybridized carbons (Fsp3) is 0.167. The number of ether oxygens (including phenoxy) is 1. The van der Waals surface area contributed by atoms with E-state index in [1.807, 2.05) is 62.4 Å². The minimum absolute atomic E-state index is 0.655. The van der Waals surface area contributed by atoms with Gasteiger partial charge in [-0.2, -0.15) is 4.52 Å². The van der Waals surface area contributed by atoms with Crippen LogP contribution in [0.3, 0.4) is 0 Å². The average Bonchev–Trinajstić information content (AvgIpc) is 2.98. The molecule has 24 heavy (non-hydrogen) atoms. The maximum absolute atomic E-state index is 5.48. The average molecular weight is 319 g/mol. The summed E-state index contributed by atoms with van der Waals surface area (Å²) in [7, 11) is 0. The molecule has 6 nitrogen and oxygen atoms in total. The predicted molar refractivity (Wildman–Crippen MR) is 93.9 cm³/mol. The number of hydrogen-bond acceptors (Lipinski definition) is 5. The lowest BCUT2D eigenvalue weighted by atomic mass is 10.2. The van der Waals surface area contributed by atoms with Crippen molar-refractivity contribution in [3.63, 3.8) is 0 Å². The number of benzene rings is 2. The van der Waals surface area contributed by atoms with Crippen molar-refractivity contribution >= 4 is 27.9 Å². The van der Waals surface area contributed by atoms with Crippen LogP contribution < -0.4 is 10.1 Å². The minimum atomic E-state index is 0.655. The van der Waals surface area contributed by atoms with E-state index in [2.05, 4.69) is 20.6 Å². The van der Waals surface area contributed by atoms with Crippen molar-refractivity contribution < 1.29 is 4.74 Å². The van der Waals surface area contributed by atoms with Gasteiger partial charge in [0.05, 0.1) is 6.61 Å². The first kappa shape index (κ1) is 14.4. The van der Waals surface area contributed by atoms with Gasteiger partial charge in [0, 0.05) is 16.5 Å². The SMILES string of the molecule is CCOc1ccc(Nc2nn3c(C)nnc3c3ccccc23)cc1. The lowest BCUT2D eigenvalue weighted by Crippen LogP contribution is -2.02. The normalized spacial score (nSPS) is 11.1. The molecular weight excluding hydrogens is 302 g/mol. The van der Waals surface area contributed by atoms with Gasteiger partial charge in [-0.1, -0.05) is 24.3 Å². The summed E-state index contributed by atoms with van der Waals surface area (Å²) in [5.74, 6) is 2.38. The third-order valence-corrected chi connectivity index (χ3v) is 3.85. The van der Waals surface area contributed by atoms with E-state index in [-0.39, 0.29) is 0 Å². The van der Waals surface area contributed by atoms with Gasteiger partial charge in [-0.15, -0.1) is 15.3 Å². The van der Waals surface area contributed by atoms with Crippen molar-refractivity contribution in [1.29, 1.82) is 0 Å². The zero-order valence-corrected chi connectivity index (χ0v) is 13.5. The molecule has 0 bridgehead atoms. The van der Waals surface area contributed by atoms with Crippen LogP contribution in [0.25, 0.3) is 16.4 Å². The second-order valence-corrected chi connectivity index (χ2v) is 5.46. The Morgan fingerprint density at radius 1 is 1.00 bits per heavy atom. The molecule has 2 aromatic heterocycles. The first-order valence-corrected chi connectivity index (χ1v) is 7.87. The van der Waals surface area contributed by atoms with Crippen molar-refractivity contribution in [2.45, 2.75) is 13.8 Å². The highest BCUT2D eigenvalue weighted by atomic mass is 16.5. The van der Waals surface area contributed by atoms with E-state index >= 15 is 0 Å². The Hall–Kier alpha value is -3.15. The maximum atomic E-state index is 5.48. The molecule has 4 aromatic rings. The topological polar surface area (TPSA) is 64.3 Å². The largest absolute Gasteiger partial charge is 0.494 e. The molecule has 0 unspecified atom stereocenters. The second-order valence-electron chi connectivity index (χ2n) is 5.46. The number of nitrogens with zero attached hydrogens (tertiary/aromatic N) is 4. The zero-order valence-electron chi connectivity index (χ0n) is 13.5. The highest BCUT2D eigenvalue weighted by Gasteiger charge is 2.12. The van der Waals surface area contributed by atoms with Crippen LogP contribution in [0.2, 0.25) is 0 Å². The van der Waals surface area contributed by atoms with Crippen LogP contribution in [-0.2, 0) is 0 Å². The zero-order chi connectivity index (χ0) is 16.5. The third kappa shape index (κ3) is 2.42. The first-order valence-electron chi connectivity index (χ1n) is 7.87. The van der Waals surface area contributed by atoms with Crippen molar-refractivity contribution in [2.75, 3.05) is 11.9 Å².